The highest BCUT2D eigenvalue weighted by atomic mass is 35.5. The maximum absolute atomic E-state index is 12.7. The van der Waals surface area contributed by atoms with Crippen LogP contribution in [0.2, 0.25) is 5.02 Å². The molecule has 1 heterocycles. The average molecular weight is 356 g/mol. The van der Waals surface area contributed by atoms with E-state index in [9.17, 15) is 9.59 Å². The van der Waals surface area contributed by atoms with Crippen LogP contribution in [-0.4, -0.2) is 53.8 Å². The van der Waals surface area contributed by atoms with Gasteiger partial charge in [-0.05, 0) is 50.5 Å². The molecule has 1 aliphatic heterocycles. The van der Waals surface area contributed by atoms with Crippen LogP contribution in [0.15, 0.2) is 18.2 Å². The average Bonchev–Trinajstić information content (AvgIpc) is 2.56. The number of aliphatic carboxylic acids is 1. The van der Waals surface area contributed by atoms with E-state index < -0.39 is 12.1 Å². The number of aryl methyl sites for hydroxylation is 1. The Balaban J connectivity index is 2.08. The Kier molecular flexibility index (Phi) is 6.45. The highest BCUT2D eigenvalue weighted by Crippen LogP contribution is 2.23. The lowest BCUT2D eigenvalue weighted by Crippen LogP contribution is -2.50. The maximum Gasteiger partial charge on any atom is 0.323 e. The van der Waals surface area contributed by atoms with Gasteiger partial charge in [-0.1, -0.05) is 11.6 Å². The van der Waals surface area contributed by atoms with Crippen LogP contribution in [-0.2, 0) is 14.3 Å². The van der Waals surface area contributed by atoms with Crippen molar-refractivity contribution in [2.75, 3.05) is 19.8 Å². The van der Waals surface area contributed by atoms with E-state index in [0.29, 0.717) is 36.8 Å². The zero-order valence-corrected chi connectivity index (χ0v) is 14.6. The lowest BCUT2D eigenvalue weighted by molar-refractivity contribution is -0.151. The van der Waals surface area contributed by atoms with Gasteiger partial charge in [0.05, 0.1) is 0 Å². The van der Waals surface area contributed by atoms with Crippen LogP contribution in [0.25, 0.3) is 0 Å². The van der Waals surface area contributed by atoms with E-state index in [1.807, 2.05) is 6.92 Å². The highest BCUT2D eigenvalue weighted by molar-refractivity contribution is 6.31. The fraction of sp³-hybridized carbons (Fsp3) is 0.529. The van der Waals surface area contributed by atoms with Gasteiger partial charge in [0, 0.05) is 24.3 Å². The molecule has 0 unspecified atom stereocenters. The van der Waals surface area contributed by atoms with Crippen molar-refractivity contribution in [2.45, 2.75) is 38.8 Å². The standard InChI is InChI=1S/C17H22ClNO5/c1-11-9-14(3-4-15(11)18)24-12(2)17(22)19(10-16(20)21)13-5-7-23-8-6-13/h3-4,9,12-13H,5-8,10H2,1-2H3,(H,20,21)/t12-/m0/s1. The summed E-state index contributed by atoms with van der Waals surface area (Å²) in [5, 5.41) is 9.74. The van der Waals surface area contributed by atoms with Gasteiger partial charge < -0.3 is 19.5 Å². The van der Waals surface area contributed by atoms with E-state index in [1.54, 1.807) is 25.1 Å². The van der Waals surface area contributed by atoms with Gasteiger partial charge in [0.1, 0.15) is 12.3 Å². The van der Waals surface area contributed by atoms with Crippen molar-refractivity contribution < 1.29 is 24.2 Å². The first kappa shape index (κ1) is 18.5. The summed E-state index contributed by atoms with van der Waals surface area (Å²) in [6, 6.07) is 5.01. The molecule has 0 spiro atoms. The molecule has 1 aliphatic rings. The summed E-state index contributed by atoms with van der Waals surface area (Å²) in [4.78, 5) is 25.2. The lowest BCUT2D eigenvalue weighted by atomic mass is 10.1. The topological polar surface area (TPSA) is 76.1 Å². The fourth-order valence-electron chi connectivity index (χ4n) is 2.71. The quantitative estimate of drug-likeness (QED) is 0.848. The minimum absolute atomic E-state index is 0.139. The van der Waals surface area contributed by atoms with Crippen LogP contribution in [0, 0.1) is 6.92 Å². The molecule has 0 bridgehead atoms. The molecule has 0 aliphatic carbocycles. The largest absolute Gasteiger partial charge is 0.481 e. The van der Waals surface area contributed by atoms with Crippen molar-refractivity contribution >= 4 is 23.5 Å². The van der Waals surface area contributed by atoms with Crippen molar-refractivity contribution in [1.82, 2.24) is 4.90 Å². The van der Waals surface area contributed by atoms with Gasteiger partial charge in [-0.2, -0.15) is 0 Å². The third-order valence-corrected chi connectivity index (χ3v) is 4.43. The van der Waals surface area contributed by atoms with Crippen molar-refractivity contribution in [3.05, 3.63) is 28.8 Å². The van der Waals surface area contributed by atoms with Gasteiger partial charge in [0.15, 0.2) is 6.10 Å². The molecule has 0 radical (unpaired) electrons. The molecule has 1 atom stereocenters. The van der Waals surface area contributed by atoms with E-state index in [-0.39, 0.29) is 18.5 Å². The molecule has 0 saturated carbocycles. The Hall–Kier alpha value is -1.79. The van der Waals surface area contributed by atoms with E-state index in [2.05, 4.69) is 0 Å². The van der Waals surface area contributed by atoms with Crippen molar-refractivity contribution in [2.24, 2.45) is 0 Å². The Bertz CT molecular complexity index is 601. The molecule has 1 aromatic rings. The van der Waals surface area contributed by atoms with Gasteiger partial charge in [0.2, 0.25) is 0 Å². The number of amides is 1. The number of hydrogen-bond acceptors (Lipinski definition) is 4. The molecule has 1 saturated heterocycles. The molecule has 1 fully saturated rings. The molecular weight excluding hydrogens is 334 g/mol. The smallest absolute Gasteiger partial charge is 0.323 e. The van der Waals surface area contributed by atoms with Gasteiger partial charge in [-0.15, -0.1) is 0 Å². The summed E-state index contributed by atoms with van der Waals surface area (Å²) in [7, 11) is 0. The van der Waals surface area contributed by atoms with Crippen LogP contribution in [0.5, 0.6) is 5.75 Å². The van der Waals surface area contributed by atoms with E-state index >= 15 is 0 Å². The maximum atomic E-state index is 12.7. The van der Waals surface area contributed by atoms with Crippen LogP contribution in [0.4, 0.5) is 0 Å². The fourth-order valence-corrected chi connectivity index (χ4v) is 2.83. The first-order valence-electron chi connectivity index (χ1n) is 7.91. The van der Waals surface area contributed by atoms with Crippen LogP contribution >= 0.6 is 11.6 Å². The number of nitrogens with zero attached hydrogens (tertiary/aromatic N) is 1. The van der Waals surface area contributed by atoms with Crippen LogP contribution in [0.3, 0.4) is 0 Å². The number of ether oxygens (including phenoxy) is 2. The Morgan fingerprint density at radius 2 is 2.08 bits per heavy atom. The number of halogens is 1. The summed E-state index contributed by atoms with van der Waals surface area (Å²) in [5.41, 5.74) is 0.848. The zero-order chi connectivity index (χ0) is 17.7. The van der Waals surface area contributed by atoms with Crippen LogP contribution < -0.4 is 4.74 Å². The predicted molar refractivity (Wildman–Crippen MR) is 89.5 cm³/mol. The van der Waals surface area contributed by atoms with Gasteiger partial charge in [-0.25, -0.2) is 0 Å². The lowest BCUT2D eigenvalue weighted by Gasteiger charge is -2.34. The molecule has 1 amide bonds. The number of benzene rings is 1. The molecule has 6 nitrogen and oxygen atoms in total. The second-order valence-corrected chi connectivity index (χ2v) is 6.28. The second kappa shape index (κ2) is 8.35. The Labute approximate surface area is 146 Å². The molecule has 132 valence electrons. The normalized spacial score (nSPS) is 16.5. The minimum atomic E-state index is -1.04. The van der Waals surface area contributed by atoms with Gasteiger partial charge >= 0.3 is 5.97 Å². The molecule has 2 rings (SSSR count). The zero-order valence-electron chi connectivity index (χ0n) is 13.8. The summed E-state index contributed by atoms with van der Waals surface area (Å²) >= 11 is 5.98. The van der Waals surface area contributed by atoms with Crippen molar-refractivity contribution in [1.29, 1.82) is 0 Å². The molecule has 24 heavy (non-hydrogen) atoms. The summed E-state index contributed by atoms with van der Waals surface area (Å²) < 4.78 is 11.0. The van der Waals surface area contributed by atoms with Gasteiger partial charge in [-0.3, -0.25) is 9.59 Å². The molecule has 1 aromatic carbocycles. The Morgan fingerprint density at radius 3 is 2.67 bits per heavy atom. The number of carboxylic acids is 1. The van der Waals surface area contributed by atoms with E-state index in [1.165, 1.54) is 4.90 Å². The summed E-state index contributed by atoms with van der Waals surface area (Å²) in [5.74, 6) is -0.846. The van der Waals surface area contributed by atoms with Gasteiger partial charge in [0.25, 0.3) is 5.91 Å². The van der Waals surface area contributed by atoms with Crippen LogP contribution in [0.1, 0.15) is 25.3 Å². The van der Waals surface area contributed by atoms with E-state index in [4.69, 9.17) is 26.2 Å². The van der Waals surface area contributed by atoms with Crippen molar-refractivity contribution in [3.8, 4) is 5.75 Å². The number of carbonyl (C=O) groups is 2. The molecular formula is C17H22ClNO5. The predicted octanol–water partition coefficient (Wildman–Crippen LogP) is 2.51. The summed E-state index contributed by atoms with van der Waals surface area (Å²) in [6.07, 6.45) is 0.477. The monoisotopic (exact) mass is 355 g/mol. The number of rotatable bonds is 6. The molecule has 0 aromatic heterocycles. The third kappa shape index (κ3) is 4.85. The van der Waals surface area contributed by atoms with Crippen molar-refractivity contribution in [3.63, 3.8) is 0 Å². The third-order valence-electron chi connectivity index (χ3n) is 4.01. The minimum Gasteiger partial charge on any atom is -0.481 e. The van der Waals surface area contributed by atoms with E-state index in [0.717, 1.165) is 5.56 Å². The number of carboxylic acid groups (broad SMARTS) is 1. The number of hydrogen-bond donors (Lipinski definition) is 1. The first-order chi connectivity index (χ1) is 11.4. The first-order valence-corrected chi connectivity index (χ1v) is 8.29. The number of carbonyl (C=O) groups excluding carboxylic acids is 1. The SMILES string of the molecule is Cc1cc(O[C@@H](C)C(=O)N(CC(=O)O)C2CCOCC2)ccc1Cl. The highest BCUT2D eigenvalue weighted by Gasteiger charge is 2.31. The summed E-state index contributed by atoms with van der Waals surface area (Å²) in [6.45, 7) is 4.19. The Morgan fingerprint density at radius 1 is 1.42 bits per heavy atom. The second-order valence-electron chi connectivity index (χ2n) is 5.87. The molecule has 7 heteroatoms. The molecule has 1 N–H and O–H groups in total.